The SMILES string of the molecule is C1=CC2C=CC2C1. The quantitative estimate of drug-likeness (QED) is 0.399. The molecule has 0 spiro atoms. The van der Waals surface area contributed by atoms with E-state index in [9.17, 15) is 0 Å². The molecule has 36 valence electrons. The highest BCUT2D eigenvalue weighted by atomic mass is 14.3. The Labute approximate surface area is 43.5 Å². The summed E-state index contributed by atoms with van der Waals surface area (Å²) in [5.41, 5.74) is 0. The van der Waals surface area contributed by atoms with Crippen molar-refractivity contribution >= 4 is 0 Å². The van der Waals surface area contributed by atoms with Crippen LogP contribution in [0.25, 0.3) is 0 Å². The predicted octanol–water partition coefficient (Wildman–Crippen LogP) is 1.75. The lowest BCUT2D eigenvalue weighted by atomic mass is 9.85. The van der Waals surface area contributed by atoms with Gasteiger partial charge in [0.25, 0.3) is 0 Å². The molecule has 2 unspecified atom stereocenters. The lowest BCUT2D eigenvalue weighted by Crippen LogP contribution is -2.10. The van der Waals surface area contributed by atoms with E-state index in [1.165, 1.54) is 6.42 Å². The maximum Gasteiger partial charge on any atom is 0.00125 e. The Morgan fingerprint density at radius 1 is 1.14 bits per heavy atom. The maximum absolute atomic E-state index is 2.30. The normalized spacial score (nSPS) is 43.4. The van der Waals surface area contributed by atoms with Crippen LogP contribution in [0.3, 0.4) is 0 Å². The van der Waals surface area contributed by atoms with Crippen molar-refractivity contribution in [3.8, 4) is 0 Å². The maximum atomic E-state index is 2.30. The molecule has 7 heavy (non-hydrogen) atoms. The Hall–Kier alpha value is -0.520. The smallest absolute Gasteiger partial charge is 0.00125 e. The molecule has 2 aliphatic carbocycles. The molecule has 0 heteroatoms. The van der Waals surface area contributed by atoms with Crippen LogP contribution in [0.1, 0.15) is 6.42 Å². The molecule has 0 saturated heterocycles. The van der Waals surface area contributed by atoms with Crippen LogP contribution in [-0.4, -0.2) is 0 Å². The summed E-state index contributed by atoms with van der Waals surface area (Å²) in [7, 11) is 0. The van der Waals surface area contributed by atoms with Gasteiger partial charge in [-0.05, 0) is 12.3 Å². The first kappa shape index (κ1) is 3.48. The largest absolute Gasteiger partial charge is 0.0873 e. The van der Waals surface area contributed by atoms with Gasteiger partial charge < -0.3 is 0 Å². The summed E-state index contributed by atoms with van der Waals surface area (Å²) < 4.78 is 0. The molecular weight excluding hydrogens is 84.1 g/mol. The van der Waals surface area contributed by atoms with Crippen molar-refractivity contribution in [2.24, 2.45) is 11.8 Å². The zero-order chi connectivity index (χ0) is 4.69. The molecule has 2 atom stereocenters. The van der Waals surface area contributed by atoms with Crippen molar-refractivity contribution in [3.63, 3.8) is 0 Å². The van der Waals surface area contributed by atoms with Gasteiger partial charge in [0.05, 0.1) is 0 Å². The minimum Gasteiger partial charge on any atom is -0.0873 e. The minimum absolute atomic E-state index is 0.833. The molecule has 0 heterocycles. The summed E-state index contributed by atoms with van der Waals surface area (Å²) in [6.45, 7) is 0. The van der Waals surface area contributed by atoms with Crippen molar-refractivity contribution in [1.82, 2.24) is 0 Å². The van der Waals surface area contributed by atoms with Gasteiger partial charge in [-0.15, -0.1) is 0 Å². The molecule has 2 aliphatic rings. The van der Waals surface area contributed by atoms with Gasteiger partial charge in [-0.1, -0.05) is 24.3 Å². The van der Waals surface area contributed by atoms with Gasteiger partial charge in [-0.25, -0.2) is 0 Å². The van der Waals surface area contributed by atoms with Crippen LogP contribution >= 0.6 is 0 Å². The fraction of sp³-hybridized carbons (Fsp3) is 0.429. The monoisotopic (exact) mass is 92.1 g/mol. The topological polar surface area (TPSA) is 0 Å². The Morgan fingerprint density at radius 2 is 2.14 bits per heavy atom. The number of rotatable bonds is 0. The number of fused-ring (bicyclic) bond motifs is 1. The average Bonchev–Trinajstić information content (AvgIpc) is 1.85. The number of allylic oxidation sites excluding steroid dienone is 4. The lowest BCUT2D eigenvalue weighted by Gasteiger charge is -2.19. The van der Waals surface area contributed by atoms with Gasteiger partial charge in [0.2, 0.25) is 0 Å². The van der Waals surface area contributed by atoms with Gasteiger partial charge >= 0.3 is 0 Å². The van der Waals surface area contributed by atoms with Gasteiger partial charge in [-0.3, -0.25) is 0 Å². The zero-order valence-corrected chi connectivity index (χ0v) is 4.17. The molecule has 0 aliphatic heterocycles. The first-order valence-electron chi connectivity index (χ1n) is 2.82. The molecule has 0 fully saturated rings. The number of hydrogen-bond acceptors (Lipinski definition) is 0. The standard InChI is InChI=1S/C7H8/c1-2-6-4-5-7(6)3-1/h1-2,4-7H,3H2. The molecule has 0 aromatic heterocycles. The van der Waals surface area contributed by atoms with Crippen LogP contribution in [0.2, 0.25) is 0 Å². The molecule has 0 saturated carbocycles. The summed E-state index contributed by atoms with van der Waals surface area (Å²) in [5.74, 6) is 1.74. The summed E-state index contributed by atoms with van der Waals surface area (Å²) in [6, 6.07) is 0. The molecular formula is C7H8. The third-order valence-electron chi connectivity index (χ3n) is 1.84. The average molecular weight is 92.1 g/mol. The number of hydrogen-bond donors (Lipinski definition) is 0. The second-order valence-electron chi connectivity index (χ2n) is 2.29. The highest BCUT2D eigenvalue weighted by molar-refractivity contribution is 5.22. The zero-order valence-electron chi connectivity index (χ0n) is 4.17. The van der Waals surface area contributed by atoms with Crippen LogP contribution in [0.4, 0.5) is 0 Å². The van der Waals surface area contributed by atoms with E-state index in [4.69, 9.17) is 0 Å². The third kappa shape index (κ3) is 0.317. The minimum atomic E-state index is 0.833. The van der Waals surface area contributed by atoms with Crippen molar-refractivity contribution < 1.29 is 0 Å². The highest BCUT2D eigenvalue weighted by Crippen LogP contribution is 2.34. The second kappa shape index (κ2) is 1.00. The molecule has 2 rings (SSSR count). The first-order valence-corrected chi connectivity index (χ1v) is 2.82. The van der Waals surface area contributed by atoms with Crippen molar-refractivity contribution in [1.29, 1.82) is 0 Å². The van der Waals surface area contributed by atoms with Crippen molar-refractivity contribution in [2.45, 2.75) is 6.42 Å². The second-order valence-corrected chi connectivity index (χ2v) is 2.29. The Kier molecular flexibility index (Phi) is 0.498. The van der Waals surface area contributed by atoms with Crippen molar-refractivity contribution in [3.05, 3.63) is 24.3 Å². The van der Waals surface area contributed by atoms with E-state index < -0.39 is 0 Å². The molecule has 0 radical (unpaired) electrons. The Bertz CT molecular complexity index is 131. The van der Waals surface area contributed by atoms with E-state index in [1.807, 2.05) is 0 Å². The molecule has 0 bridgehead atoms. The predicted molar refractivity (Wildman–Crippen MR) is 29.9 cm³/mol. The molecule has 0 aromatic rings. The lowest BCUT2D eigenvalue weighted by molar-refractivity contribution is 0.544. The third-order valence-corrected chi connectivity index (χ3v) is 1.84. The van der Waals surface area contributed by atoms with Crippen LogP contribution in [0.15, 0.2) is 24.3 Å². The van der Waals surface area contributed by atoms with E-state index in [2.05, 4.69) is 24.3 Å². The summed E-state index contributed by atoms with van der Waals surface area (Å²) in [5, 5.41) is 0. The molecule has 0 N–H and O–H groups in total. The first-order chi connectivity index (χ1) is 3.47. The highest BCUT2D eigenvalue weighted by Gasteiger charge is 2.23. The van der Waals surface area contributed by atoms with E-state index >= 15 is 0 Å². The van der Waals surface area contributed by atoms with Crippen LogP contribution < -0.4 is 0 Å². The van der Waals surface area contributed by atoms with Crippen molar-refractivity contribution in [2.75, 3.05) is 0 Å². The van der Waals surface area contributed by atoms with Crippen LogP contribution in [0, 0.1) is 11.8 Å². The van der Waals surface area contributed by atoms with E-state index in [0.29, 0.717) is 0 Å². The van der Waals surface area contributed by atoms with E-state index in [-0.39, 0.29) is 0 Å². The van der Waals surface area contributed by atoms with E-state index in [0.717, 1.165) is 11.8 Å². The fourth-order valence-electron chi connectivity index (χ4n) is 1.23. The Balaban J connectivity index is 2.29. The van der Waals surface area contributed by atoms with Gasteiger partial charge in [0.1, 0.15) is 0 Å². The van der Waals surface area contributed by atoms with Gasteiger partial charge in [0.15, 0.2) is 0 Å². The van der Waals surface area contributed by atoms with Gasteiger partial charge in [-0.2, -0.15) is 0 Å². The summed E-state index contributed by atoms with van der Waals surface area (Å²) >= 11 is 0. The van der Waals surface area contributed by atoms with Crippen LogP contribution in [-0.2, 0) is 0 Å². The molecule has 0 aromatic carbocycles. The fourth-order valence-corrected chi connectivity index (χ4v) is 1.23. The van der Waals surface area contributed by atoms with Crippen LogP contribution in [0.5, 0.6) is 0 Å². The van der Waals surface area contributed by atoms with Gasteiger partial charge in [0, 0.05) is 5.92 Å². The summed E-state index contributed by atoms with van der Waals surface area (Å²) in [4.78, 5) is 0. The Morgan fingerprint density at radius 3 is 2.43 bits per heavy atom. The molecule has 0 nitrogen and oxygen atoms in total. The molecule has 0 amide bonds. The van der Waals surface area contributed by atoms with E-state index in [1.54, 1.807) is 0 Å². The summed E-state index contributed by atoms with van der Waals surface area (Å²) in [6.07, 6.45) is 10.4.